The van der Waals surface area contributed by atoms with Crippen LogP contribution in [0, 0.1) is 6.92 Å². The summed E-state index contributed by atoms with van der Waals surface area (Å²) in [5.74, 6) is 0.164. The second kappa shape index (κ2) is 9.78. The summed E-state index contributed by atoms with van der Waals surface area (Å²) in [7, 11) is 0. The number of hydrogen-bond donors (Lipinski definition) is 1. The number of anilines is 1. The number of nitrogens with one attached hydrogen (secondary N) is 1. The van der Waals surface area contributed by atoms with Gasteiger partial charge in [0, 0.05) is 51.0 Å². The zero-order valence-electron chi connectivity index (χ0n) is 17.0. The Morgan fingerprint density at radius 2 is 1.79 bits per heavy atom. The Morgan fingerprint density at radius 1 is 1.07 bits per heavy atom. The van der Waals surface area contributed by atoms with Crippen molar-refractivity contribution in [1.82, 2.24) is 15.1 Å². The van der Waals surface area contributed by atoms with Crippen molar-refractivity contribution in [3.8, 4) is 0 Å². The molecule has 0 unspecified atom stereocenters. The van der Waals surface area contributed by atoms with Crippen LogP contribution < -0.4 is 10.2 Å². The molecule has 0 spiro atoms. The van der Waals surface area contributed by atoms with E-state index >= 15 is 0 Å². The second-order valence-corrected chi connectivity index (χ2v) is 7.55. The van der Waals surface area contributed by atoms with E-state index in [9.17, 15) is 9.59 Å². The molecule has 1 N–H and O–H groups in total. The molecule has 0 aromatic heterocycles. The normalized spacial score (nSPS) is 18.3. The van der Waals surface area contributed by atoms with Gasteiger partial charge in [0.25, 0.3) is 0 Å². The van der Waals surface area contributed by atoms with Gasteiger partial charge in [0.1, 0.15) is 0 Å². The van der Waals surface area contributed by atoms with Gasteiger partial charge in [-0.25, -0.2) is 4.79 Å². The maximum absolute atomic E-state index is 12.6. The van der Waals surface area contributed by atoms with E-state index in [4.69, 9.17) is 4.74 Å². The van der Waals surface area contributed by atoms with E-state index in [1.165, 1.54) is 11.3 Å². The quantitative estimate of drug-likeness (QED) is 0.834. The number of hydrogen-bond acceptors (Lipinski definition) is 5. The fourth-order valence-electron chi connectivity index (χ4n) is 3.86. The lowest BCUT2D eigenvalue weighted by Gasteiger charge is -2.37. The highest BCUT2D eigenvalue weighted by Crippen LogP contribution is 2.18. The standard InChI is InChI=1S/C21H32N4O3/c1-3-28-21(27)25-9-7-18(8-10-25)22-16-20(26)24-13-11-23(12-14-24)19-6-4-5-17(2)15-19/h4-6,15,18,22H,3,7-14,16H2,1-2H3. The second-order valence-electron chi connectivity index (χ2n) is 7.55. The van der Waals surface area contributed by atoms with Crippen LogP contribution in [-0.4, -0.2) is 80.3 Å². The van der Waals surface area contributed by atoms with Crippen LogP contribution in [0.2, 0.25) is 0 Å². The number of piperidine rings is 1. The lowest BCUT2D eigenvalue weighted by atomic mass is 10.1. The Labute approximate surface area is 167 Å². The van der Waals surface area contributed by atoms with Gasteiger partial charge in [0.05, 0.1) is 13.2 Å². The maximum atomic E-state index is 12.6. The van der Waals surface area contributed by atoms with Gasteiger partial charge in [0.15, 0.2) is 0 Å². The smallest absolute Gasteiger partial charge is 0.409 e. The van der Waals surface area contributed by atoms with Gasteiger partial charge in [-0.3, -0.25) is 4.79 Å². The van der Waals surface area contributed by atoms with Gasteiger partial charge in [-0.2, -0.15) is 0 Å². The fourth-order valence-corrected chi connectivity index (χ4v) is 3.86. The first kappa shape index (κ1) is 20.5. The number of aryl methyl sites for hydroxylation is 1. The minimum atomic E-state index is -0.233. The molecule has 0 radical (unpaired) electrons. The van der Waals surface area contributed by atoms with E-state index in [2.05, 4.69) is 41.4 Å². The fraction of sp³-hybridized carbons (Fsp3) is 0.619. The molecular formula is C21H32N4O3. The molecule has 2 heterocycles. The van der Waals surface area contributed by atoms with Crippen molar-refractivity contribution >= 4 is 17.7 Å². The third kappa shape index (κ3) is 5.38. The molecule has 7 nitrogen and oxygen atoms in total. The van der Waals surface area contributed by atoms with Crippen LogP contribution in [0.5, 0.6) is 0 Å². The Bertz CT molecular complexity index is 665. The van der Waals surface area contributed by atoms with Gasteiger partial charge in [-0.05, 0) is 44.4 Å². The number of likely N-dealkylation sites (tertiary alicyclic amines) is 1. The highest BCUT2D eigenvalue weighted by atomic mass is 16.6. The SMILES string of the molecule is CCOC(=O)N1CCC(NCC(=O)N2CCN(c3cccc(C)c3)CC2)CC1. The number of benzene rings is 1. The van der Waals surface area contributed by atoms with Crippen molar-refractivity contribution in [2.75, 3.05) is 57.3 Å². The average Bonchev–Trinajstić information content (AvgIpc) is 2.72. The zero-order valence-corrected chi connectivity index (χ0v) is 17.0. The molecule has 0 bridgehead atoms. The number of piperazine rings is 1. The summed E-state index contributed by atoms with van der Waals surface area (Å²) in [5, 5.41) is 3.38. The average molecular weight is 389 g/mol. The molecule has 1 aromatic carbocycles. The molecule has 2 aliphatic heterocycles. The minimum absolute atomic E-state index is 0.164. The number of rotatable bonds is 5. The predicted octanol–water partition coefficient (Wildman–Crippen LogP) is 1.85. The van der Waals surface area contributed by atoms with E-state index in [-0.39, 0.29) is 18.0 Å². The van der Waals surface area contributed by atoms with Gasteiger partial charge in [-0.1, -0.05) is 12.1 Å². The maximum Gasteiger partial charge on any atom is 0.409 e. The third-order valence-electron chi connectivity index (χ3n) is 5.56. The van der Waals surface area contributed by atoms with Crippen molar-refractivity contribution < 1.29 is 14.3 Å². The van der Waals surface area contributed by atoms with Gasteiger partial charge in [-0.15, -0.1) is 0 Å². The lowest BCUT2D eigenvalue weighted by Crippen LogP contribution is -2.52. The van der Waals surface area contributed by atoms with Gasteiger partial charge in [0.2, 0.25) is 5.91 Å². The van der Waals surface area contributed by atoms with Gasteiger partial charge >= 0.3 is 6.09 Å². The van der Waals surface area contributed by atoms with Crippen molar-refractivity contribution in [3.63, 3.8) is 0 Å². The number of nitrogens with zero attached hydrogens (tertiary/aromatic N) is 3. The summed E-state index contributed by atoms with van der Waals surface area (Å²) < 4.78 is 5.04. The zero-order chi connectivity index (χ0) is 19.9. The van der Waals surface area contributed by atoms with Crippen LogP contribution in [0.15, 0.2) is 24.3 Å². The molecular weight excluding hydrogens is 356 g/mol. The van der Waals surface area contributed by atoms with E-state index < -0.39 is 0 Å². The predicted molar refractivity (Wildman–Crippen MR) is 110 cm³/mol. The van der Waals surface area contributed by atoms with Crippen LogP contribution in [0.25, 0.3) is 0 Å². The molecule has 2 amide bonds. The first-order valence-electron chi connectivity index (χ1n) is 10.3. The summed E-state index contributed by atoms with van der Waals surface area (Å²) in [6.45, 7) is 9.31. The Balaban J connectivity index is 1.37. The first-order valence-corrected chi connectivity index (χ1v) is 10.3. The molecule has 0 atom stereocenters. The molecule has 0 saturated carbocycles. The molecule has 1 aromatic rings. The van der Waals surface area contributed by atoms with Gasteiger partial charge < -0.3 is 24.8 Å². The van der Waals surface area contributed by atoms with Crippen LogP contribution in [0.3, 0.4) is 0 Å². The summed E-state index contributed by atoms with van der Waals surface area (Å²) in [4.78, 5) is 30.3. The highest BCUT2D eigenvalue weighted by Gasteiger charge is 2.25. The van der Waals surface area contributed by atoms with E-state index in [0.29, 0.717) is 26.2 Å². The molecule has 2 aliphatic rings. The van der Waals surface area contributed by atoms with E-state index in [1.807, 2.05) is 11.8 Å². The summed E-state index contributed by atoms with van der Waals surface area (Å²) in [5.41, 5.74) is 2.49. The summed E-state index contributed by atoms with van der Waals surface area (Å²) in [6, 6.07) is 8.80. The van der Waals surface area contributed by atoms with E-state index in [1.54, 1.807) is 4.90 Å². The minimum Gasteiger partial charge on any atom is -0.450 e. The summed E-state index contributed by atoms with van der Waals surface area (Å²) >= 11 is 0. The molecule has 3 rings (SSSR count). The number of carbonyl (C=O) groups is 2. The molecule has 2 fully saturated rings. The number of carbonyl (C=O) groups excluding carboxylic acids is 2. The van der Waals surface area contributed by atoms with Crippen LogP contribution in [0.4, 0.5) is 10.5 Å². The molecule has 7 heteroatoms. The van der Waals surface area contributed by atoms with Crippen LogP contribution in [0.1, 0.15) is 25.3 Å². The molecule has 154 valence electrons. The lowest BCUT2D eigenvalue weighted by molar-refractivity contribution is -0.130. The molecule has 0 aliphatic carbocycles. The van der Waals surface area contributed by atoms with Crippen LogP contribution in [-0.2, 0) is 9.53 Å². The number of amides is 2. The first-order chi connectivity index (χ1) is 13.6. The van der Waals surface area contributed by atoms with Crippen molar-refractivity contribution in [3.05, 3.63) is 29.8 Å². The number of ether oxygens (including phenoxy) is 1. The van der Waals surface area contributed by atoms with E-state index in [0.717, 1.165) is 39.0 Å². The van der Waals surface area contributed by atoms with Crippen LogP contribution >= 0.6 is 0 Å². The monoisotopic (exact) mass is 388 g/mol. The summed E-state index contributed by atoms with van der Waals surface area (Å²) in [6.07, 6.45) is 1.48. The van der Waals surface area contributed by atoms with Crippen molar-refractivity contribution in [2.45, 2.75) is 32.7 Å². The topological polar surface area (TPSA) is 65.1 Å². The molecule has 2 saturated heterocycles. The molecule has 28 heavy (non-hydrogen) atoms. The third-order valence-corrected chi connectivity index (χ3v) is 5.56. The largest absolute Gasteiger partial charge is 0.450 e. The van der Waals surface area contributed by atoms with Crippen molar-refractivity contribution in [1.29, 1.82) is 0 Å². The Hall–Kier alpha value is -2.28. The highest BCUT2D eigenvalue weighted by molar-refractivity contribution is 5.78. The Kier molecular flexibility index (Phi) is 7.14. The Morgan fingerprint density at radius 3 is 2.43 bits per heavy atom. The van der Waals surface area contributed by atoms with Crippen molar-refractivity contribution in [2.24, 2.45) is 0 Å².